The van der Waals surface area contributed by atoms with Crippen LogP contribution in [0, 0.1) is 0 Å². The smallest absolute Gasteiger partial charge is 0.128 e. The Morgan fingerprint density at radius 2 is 1.25 bits per heavy atom. The van der Waals surface area contributed by atoms with E-state index in [2.05, 4.69) is 86.5 Å². The molecule has 160 valence electrons. The number of unbranched alkanes of at least 4 members (excludes halogenated alkanes) is 2. The first-order chi connectivity index (χ1) is 15.6. The summed E-state index contributed by atoms with van der Waals surface area (Å²) in [6.45, 7) is 11.4. The van der Waals surface area contributed by atoms with E-state index in [1.165, 1.54) is 57.5 Å². The molecule has 0 aromatic heterocycles. The van der Waals surface area contributed by atoms with Crippen molar-refractivity contribution in [1.29, 1.82) is 0 Å². The number of rotatable bonds is 10. The van der Waals surface area contributed by atoms with Gasteiger partial charge in [-0.15, -0.1) is 0 Å². The van der Waals surface area contributed by atoms with Crippen LogP contribution in [0.5, 0.6) is 5.75 Å². The summed E-state index contributed by atoms with van der Waals surface area (Å²) in [5.74, 6) is 1.36. The van der Waals surface area contributed by atoms with E-state index in [0.717, 1.165) is 18.6 Å². The Morgan fingerprint density at radius 1 is 0.656 bits per heavy atom. The molecule has 0 saturated heterocycles. The summed E-state index contributed by atoms with van der Waals surface area (Å²) in [5, 5.41) is 5.02. The number of ether oxygens (including phenoxy) is 1. The van der Waals surface area contributed by atoms with Crippen molar-refractivity contribution in [1.82, 2.24) is 0 Å². The van der Waals surface area contributed by atoms with Crippen molar-refractivity contribution in [3.63, 3.8) is 0 Å². The molecule has 0 aliphatic heterocycles. The molecule has 0 spiro atoms. The molecule has 0 heterocycles. The van der Waals surface area contributed by atoms with Crippen LogP contribution in [0.1, 0.15) is 36.0 Å². The van der Waals surface area contributed by atoms with E-state index in [1.807, 2.05) is 12.1 Å². The van der Waals surface area contributed by atoms with Gasteiger partial charge in [-0.05, 0) is 88.2 Å². The van der Waals surface area contributed by atoms with Gasteiger partial charge >= 0.3 is 0 Å². The fourth-order valence-electron chi connectivity index (χ4n) is 4.12. The van der Waals surface area contributed by atoms with Gasteiger partial charge in [0.1, 0.15) is 11.5 Å². The quantitative estimate of drug-likeness (QED) is 0.142. The molecular formula is C31H30O. The van der Waals surface area contributed by atoms with Gasteiger partial charge in [0.15, 0.2) is 0 Å². The summed E-state index contributed by atoms with van der Waals surface area (Å²) < 4.78 is 5.69. The normalized spacial score (nSPS) is 10.9. The molecule has 0 fully saturated rings. The third-order valence-electron chi connectivity index (χ3n) is 5.95. The lowest BCUT2D eigenvalue weighted by Gasteiger charge is -2.08. The van der Waals surface area contributed by atoms with Gasteiger partial charge < -0.3 is 4.74 Å². The molecule has 1 nitrogen and oxygen atoms in total. The summed E-state index contributed by atoms with van der Waals surface area (Å²) in [6, 6.07) is 26.2. The lowest BCUT2D eigenvalue weighted by molar-refractivity contribution is 0.448. The minimum absolute atomic E-state index is 0.563. The molecular weight excluding hydrogens is 388 g/mol. The first-order valence-electron chi connectivity index (χ1n) is 11.3. The second kappa shape index (κ2) is 10.2. The van der Waals surface area contributed by atoms with Crippen molar-refractivity contribution in [3.8, 4) is 5.75 Å². The fourth-order valence-corrected chi connectivity index (χ4v) is 4.12. The van der Waals surface area contributed by atoms with Gasteiger partial charge in [0.2, 0.25) is 0 Å². The standard InChI is InChI=1S/C31H30O/c1-4-23(3)32-31-18-17-28-16-13-26(21-30(28)22-31)10-8-6-7-9-25-12-15-27-14-11-24(5-2)19-29(27)20-25/h4-5,11-22H,1-3,6-10H2. The number of benzene rings is 4. The van der Waals surface area contributed by atoms with Crippen LogP contribution in [0.4, 0.5) is 0 Å². The summed E-state index contributed by atoms with van der Waals surface area (Å²) >= 11 is 0. The third-order valence-corrected chi connectivity index (χ3v) is 5.95. The predicted octanol–water partition coefficient (Wildman–Crippen LogP) is 8.67. The van der Waals surface area contributed by atoms with E-state index < -0.39 is 0 Å². The lowest BCUT2D eigenvalue weighted by atomic mass is 9.99. The van der Waals surface area contributed by atoms with Gasteiger partial charge in [-0.25, -0.2) is 0 Å². The maximum Gasteiger partial charge on any atom is 0.128 e. The largest absolute Gasteiger partial charge is 0.458 e. The molecule has 0 radical (unpaired) electrons. The lowest BCUT2D eigenvalue weighted by Crippen LogP contribution is -1.91. The number of fused-ring (bicyclic) bond motifs is 2. The highest BCUT2D eigenvalue weighted by Crippen LogP contribution is 2.24. The molecule has 4 rings (SSSR count). The Balaban J connectivity index is 1.31. The molecule has 0 atom stereocenters. The van der Waals surface area contributed by atoms with Gasteiger partial charge in [-0.2, -0.15) is 0 Å². The van der Waals surface area contributed by atoms with Crippen molar-refractivity contribution >= 4 is 27.6 Å². The van der Waals surface area contributed by atoms with E-state index in [9.17, 15) is 0 Å². The number of allylic oxidation sites excluding steroid dienone is 1. The highest BCUT2D eigenvalue weighted by atomic mass is 16.5. The van der Waals surface area contributed by atoms with Gasteiger partial charge in [0.25, 0.3) is 0 Å². The zero-order valence-electron chi connectivity index (χ0n) is 18.6. The van der Waals surface area contributed by atoms with Crippen LogP contribution in [-0.4, -0.2) is 0 Å². The SMILES string of the molecule is C=CC(=C)Oc1ccc2ccc(CCCCCc3ccc4ccc(C=C)cc4c3)cc2c1. The Morgan fingerprint density at radius 3 is 1.88 bits per heavy atom. The van der Waals surface area contributed by atoms with Gasteiger partial charge in [0.05, 0.1) is 0 Å². The fraction of sp³-hybridized carbons (Fsp3) is 0.161. The second-order valence-corrected chi connectivity index (χ2v) is 8.32. The maximum atomic E-state index is 5.69. The summed E-state index contributed by atoms with van der Waals surface area (Å²) in [6.07, 6.45) is 9.39. The minimum atomic E-state index is 0.563. The van der Waals surface area contributed by atoms with Crippen LogP contribution in [0.15, 0.2) is 104 Å². The van der Waals surface area contributed by atoms with E-state index >= 15 is 0 Å². The molecule has 1 heteroatoms. The summed E-state index contributed by atoms with van der Waals surface area (Å²) in [5.41, 5.74) is 3.97. The molecule has 0 aliphatic carbocycles. The Kier molecular flexibility index (Phi) is 6.87. The van der Waals surface area contributed by atoms with Crippen LogP contribution in [0.2, 0.25) is 0 Å². The number of hydrogen-bond acceptors (Lipinski definition) is 1. The molecule has 32 heavy (non-hydrogen) atoms. The van der Waals surface area contributed by atoms with Crippen molar-refractivity contribution in [2.24, 2.45) is 0 Å². The van der Waals surface area contributed by atoms with Gasteiger partial charge in [0, 0.05) is 0 Å². The summed E-state index contributed by atoms with van der Waals surface area (Å²) in [4.78, 5) is 0. The Labute approximate surface area is 191 Å². The number of hydrogen-bond donors (Lipinski definition) is 0. The predicted molar refractivity (Wildman–Crippen MR) is 139 cm³/mol. The zero-order valence-corrected chi connectivity index (χ0v) is 18.6. The van der Waals surface area contributed by atoms with Gasteiger partial charge in [-0.3, -0.25) is 0 Å². The monoisotopic (exact) mass is 418 g/mol. The molecule has 4 aromatic rings. The molecule has 0 N–H and O–H groups in total. The average Bonchev–Trinajstić information content (AvgIpc) is 2.83. The van der Waals surface area contributed by atoms with Crippen LogP contribution in [-0.2, 0) is 12.8 Å². The van der Waals surface area contributed by atoms with E-state index in [4.69, 9.17) is 4.74 Å². The maximum absolute atomic E-state index is 5.69. The highest BCUT2D eigenvalue weighted by molar-refractivity contribution is 5.85. The molecule has 0 unspecified atom stereocenters. The van der Waals surface area contributed by atoms with E-state index in [0.29, 0.717) is 5.76 Å². The highest BCUT2D eigenvalue weighted by Gasteiger charge is 2.02. The Hall–Kier alpha value is -3.58. The van der Waals surface area contributed by atoms with Crippen LogP contribution in [0.3, 0.4) is 0 Å². The molecule has 0 saturated carbocycles. The van der Waals surface area contributed by atoms with Crippen LogP contribution >= 0.6 is 0 Å². The second-order valence-electron chi connectivity index (χ2n) is 8.32. The topological polar surface area (TPSA) is 9.23 Å². The van der Waals surface area contributed by atoms with Crippen LogP contribution < -0.4 is 4.74 Å². The molecule has 0 aliphatic rings. The van der Waals surface area contributed by atoms with Crippen LogP contribution in [0.25, 0.3) is 27.6 Å². The van der Waals surface area contributed by atoms with Crippen molar-refractivity contribution in [2.45, 2.75) is 32.1 Å². The summed E-state index contributed by atoms with van der Waals surface area (Å²) in [7, 11) is 0. The number of aryl methyl sites for hydroxylation is 2. The third kappa shape index (κ3) is 5.36. The first-order valence-corrected chi connectivity index (χ1v) is 11.3. The van der Waals surface area contributed by atoms with Crippen molar-refractivity contribution in [2.75, 3.05) is 0 Å². The van der Waals surface area contributed by atoms with Crippen molar-refractivity contribution < 1.29 is 4.74 Å². The molecule has 4 aromatic carbocycles. The first kappa shape index (κ1) is 21.6. The minimum Gasteiger partial charge on any atom is -0.458 e. The van der Waals surface area contributed by atoms with Crippen molar-refractivity contribution in [3.05, 3.63) is 121 Å². The Bertz CT molecular complexity index is 1280. The molecule has 0 bridgehead atoms. The average molecular weight is 419 g/mol. The zero-order chi connectivity index (χ0) is 22.3. The van der Waals surface area contributed by atoms with E-state index in [1.54, 1.807) is 6.08 Å². The van der Waals surface area contributed by atoms with E-state index in [-0.39, 0.29) is 0 Å². The molecule has 0 amide bonds. The van der Waals surface area contributed by atoms with Gasteiger partial charge in [-0.1, -0.05) is 86.8 Å².